The fourth-order valence-electron chi connectivity index (χ4n) is 1.49. The summed E-state index contributed by atoms with van der Waals surface area (Å²) in [6.45, 7) is -2.93. The summed E-state index contributed by atoms with van der Waals surface area (Å²) in [5, 5.41) is 0. The van der Waals surface area contributed by atoms with E-state index in [0.717, 1.165) is 0 Å². The smallest absolute Gasteiger partial charge is 0.387 e. The summed E-state index contributed by atoms with van der Waals surface area (Å²) in [6.07, 6.45) is 1.49. The zero-order valence-electron chi connectivity index (χ0n) is 9.52. The van der Waals surface area contributed by atoms with E-state index in [0.29, 0.717) is 4.47 Å². The van der Waals surface area contributed by atoms with Gasteiger partial charge in [0.15, 0.2) is 0 Å². The Morgan fingerprint density at radius 3 is 2.68 bits per heavy atom. The molecule has 0 spiro atoms. The van der Waals surface area contributed by atoms with Crippen LogP contribution in [0.5, 0.6) is 5.75 Å². The molecular formula is C13H8BrF2NO2. The first-order valence-corrected chi connectivity index (χ1v) is 6.07. The van der Waals surface area contributed by atoms with Gasteiger partial charge < -0.3 is 4.74 Å². The molecule has 0 aliphatic heterocycles. The molecule has 0 N–H and O–H groups in total. The summed E-state index contributed by atoms with van der Waals surface area (Å²) in [5.41, 5.74) is 0.453. The highest BCUT2D eigenvalue weighted by Crippen LogP contribution is 2.25. The molecule has 0 amide bonds. The number of alkyl halides is 2. The molecule has 0 saturated carbocycles. The molecule has 0 aliphatic carbocycles. The van der Waals surface area contributed by atoms with Gasteiger partial charge in [-0.3, -0.25) is 9.78 Å². The molecule has 0 unspecified atom stereocenters. The van der Waals surface area contributed by atoms with Crippen molar-refractivity contribution in [3.05, 3.63) is 58.3 Å². The molecule has 0 atom stereocenters. The van der Waals surface area contributed by atoms with Gasteiger partial charge in [0.2, 0.25) is 5.78 Å². The van der Waals surface area contributed by atoms with E-state index >= 15 is 0 Å². The number of carbonyl (C=O) groups excluding carboxylic acids is 1. The third kappa shape index (κ3) is 3.35. The van der Waals surface area contributed by atoms with Gasteiger partial charge in [0, 0.05) is 16.2 Å². The topological polar surface area (TPSA) is 39.2 Å². The third-order valence-electron chi connectivity index (χ3n) is 2.31. The largest absolute Gasteiger partial charge is 0.435 e. The van der Waals surface area contributed by atoms with E-state index in [1.807, 2.05) is 0 Å². The van der Waals surface area contributed by atoms with E-state index in [1.165, 1.54) is 24.4 Å². The van der Waals surface area contributed by atoms with E-state index in [1.54, 1.807) is 18.2 Å². The highest BCUT2D eigenvalue weighted by molar-refractivity contribution is 9.10. The molecule has 1 heterocycles. The molecule has 19 heavy (non-hydrogen) atoms. The van der Waals surface area contributed by atoms with Gasteiger partial charge in [-0.25, -0.2) is 0 Å². The second-order valence-corrected chi connectivity index (χ2v) is 4.42. The van der Waals surface area contributed by atoms with Crippen molar-refractivity contribution in [1.29, 1.82) is 0 Å². The monoisotopic (exact) mass is 327 g/mol. The predicted octanol–water partition coefficient (Wildman–Crippen LogP) is 3.68. The van der Waals surface area contributed by atoms with Crippen LogP contribution in [-0.4, -0.2) is 17.4 Å². The lowest BCUT2D eigenvalue weighted by Crippen LogP contribution is -2.07. The van der Waals surface area contributed by atoms with Crippen molar-refractivity contribution in [3.63, 3.8) is 0 Å². The summed E-state index contributed by atoms with van der Waals surface area (Å²) >= 11 is 3.20. The number of ketones is 1. The summed E-state index contributed by atoms with van der Waals surface area (Å²) in [4.78, 5) is 16.1. The van der Waals surface area contributed by atoms with Crippen LogP contribution >= 0.6 is 15.9 Å². The van der Waals surface area contributed by atoms with Crippen LogP contribution < -0.4 is 4.74 Å². The van der Waals surface area contributed by atoms with Gasteiger partial charge >= 0.3 is 6.61 Å². The Balaban J connectivity index is 2.36. The van der Waals surface area contributed by atoms with Crippen LogP contribution in [0.1, 0.15) is 16.1 Å². The Hall–Kier alpha value is -1.82. The summed E-state index contributed by atoms with van der Waals surface area (Å²) in [5.74, 6) is -0.440. The number of pyridine rings is 1. The minimum Gasteiger partial charge on any atom is -0.435 e. The lowest BCUT2D eigenvalue weighted by molar-refractivity contribution is -0.0498. The van der Waals surface area contributed by atoms with Crippen molar-refractivity contribution in [2.24, 2.45) is 0 Å². The Morgan fingerprint density at radius 2 is 2.05 bits per heavy atom. The van der Waals surface area contributed by atoms with Crippen LogP contribution in [-0.2, 0) is 0 Å². The average Bonchev–Trinajstić information content (AvgIpc) is 2.40. The van der Waals surface area contributed by atoms with Crippen molar-refractivity contribution in [2.45, 2.75) is 6.61 Å². The van der Waals surface area contributed by atoms with Crippen LogP contribution in [0.4, 0.5) is 8.78 Å². The predicted molar refractivity (Wildman–Crippen MR) is 68.4 cm³/mol. The van der Waals surface area contributed by atoms with Crippen LogP contribution in [0.25, 0.3) is 0 Å². The number of carbonyl (C=O) groups is 1. The van der Waals surface area contributed by atoms with Crippen molar-refractivity contribution < 1.29 is 18.3 Å². The number of benzene rings is 1. The maximum Gasteiger partial charge on any atom is 0.387 e. The highest BCUT2D eigenvalue weighted by Gasteiger charge is 2.15. The van der Waals surface area contributed by atoms with Crippen molar-refractivity contribution >= 4 is 21.7 Å². The van der Waals surface area contributed by atoms with Gasteiger partial charge in [0.25, 0.3) is 0 Å². The molecular weight excluding hydrogens is 320 g/mol. The number of hydrogen-bond acceptors (Lipinski definition) is 3. The lowest BCUT2D eigenvalue weighted by Gasteiger charge is -2.08. The fourth-order valence-corrected chi connectivity index (χ4v) is 1.92. The van der Waals surface area contributed by atoms with E-state index in [9.17, 15) is 13.6 Å². The number of ether oxygens (including phenoxy) is 1. The van der Waals surface area contributed by atoms with E-state index < -0.39 is 6.61 Å². The Kier molecular flexibility index (Phi) is 4.21. The summed E-state index contributed by atoms with van der Waals surface area (Å²) in [7, 11) is 0. The zero-order valence-corrected chi connectivity index (χ0v) is 11.1. The minimum atomic E-state index is -2.93. The molecule has 0 bridgehead atoms. The van der Waals surface area contributed by atoms with Crippen LogP contribution in [0.3, 0.4) is 0 Å². The fraction of sp³-hybridized carbons (Fsp3) is 0.0769. The summed E-state index contributed by atoms with van der Waals surface area (Å²) in [6, 6.07) is 9.00. The van der Waals surface area contributed by atoms with Crippen LogP contribution in [0, 0.1) is 0 Å². The van der Waals surface area contributed by atoms with Crippen molar-refractivity contribution in [1.82, 2.24) is 4.98 Å². The first-order valence-electron chi connectivity index (χ1n) is 5.28. The molecule has 0 fully saturated rings. The average molecular weight is 328 g/mol. The molecule has 1 aromatic heterocycles. The minimum absolute atomic E-state index is 0.0718. The van der Waals surface area contributed by atoms with Gasteiger partial charge in [-0.05, 0) is 30.3 Å². The second-order valence-electron chi connectivity index (χ2n) is 3.56. The molecule has 98 valence electrons. The molecule has 2 rings (SSSR count). The van der Waals surface area contributed by atoms with Gasteiger partial charge in [0.05, 0.1) is 0 Å². The van der Waals surface area contributed by atoms with Gasteiger partial charge in [-0.15, -0.1) is 0 Å². The molecule has 0 radical (unpaired) electrons. The Morgan fingerprint density at radius 1 is 1.26 bits per heavy atom. The maximum atomic E-state index is 12.2. The highest BCUT2D eigenvalue weighted by atomic mass is 79.9. The van der Waals surface area contributed by atoms with Crippen LogP contribution in [0.2, 0.25) is 0 Å². The normalized spacial score (nSPS) is 10.5. The van der Waals surface area contributed by atoms with E-state index in [2.05, 4.69) is 25.7 Å². The summed E-state index contributed by atoms with van der Waals surface area (Å²) < 4.78 is 29.1. The number of halogens is 3. The van der Waals surface area contributed by atoms with E-state index in [4.69, 9.17) is 0 Å². The van der Waals surface area contributed by atoms with Gasteiger partial charge in [-0.2, -0.15) is 8.78 Å². The number of rotatable bonds is 4. The molecule has 0 aliphatic rings. The molecule has 0 saturated heterocycles. The number of hydrogen-bond donors (Lipinski definition) is 0. The first kappa shape index (κ1) is 13.6. The van der Waals surface area contributed by atoms with Gasteiger partial charge in [-0.1, -0.05) is 22.0 Å². The standard InChI is InChI=1S/C13H8BrF2NO2/c14-10-5-4-8(19-13(15)16)7-9(10)12(18)11-3-1-2-6-17-11/h1-7,13H. The second kappa shape index (κ2) is 5.88. The zero-order chi connectivity index (χ0) is 13.8. The molecule has 1 aromatic carbocycles. The Labute approximate surface area is 116 Å². The van der Waals surface area contributed by atoms with Crippen molar-refractivity contribution in [2.75, 3.05) is 0 Å². The van der Waals surface area contributed by atoms with Gasteiger partial charge in [0.1, 0.15) is 11.4 Å². The Bertz CT molecular complexity index is 590. The maximum absolute atomic E-state index is 12.2. The first-order chi connectivity index (χ1) is 9.08. The number of nitrogens with zero attached hydrogens (tertiary/aromatic N) is 1. The molecule has 2 aromatic rings. The van der Waals surface area contributed by atoms with Crippen molar-refractivity contribution in [3.8, 4) is 5.75 Å². The van der Waals surface area contributed by atoms with Crippen LogP contribution in [0.15, 0.2) is 47.1 Å². The molecule has 6 heteroatoms. The quantitative estimate of drug-likeness (QED) is 0.804. The molecule has 3 nitrogen and oxygen atoms in total. The number of aromatic nitrogens is 1. The SMILES string of the molecule is O=C(c1ccccn1)c1cc(OC(F)F)ccc1Br. The lowest BCUT2D eigenvalue weighted by atomic mass is 10.1. The third-order valence-corrected chi connectivity index (χ3v) is 3.00. The van der Waals surface area contributed by atoms with E-state index in [-0.39, 0.29) is 22.8 Å².